The highest BCUT2D eigenvalue weighted by Gasteiger charge is 2.49. The molecular weight excluding hydrogens is 366 g/mol. The number of thiophene rings is 1. The van der Waals surface area contributed by atoms with E-state index in [1.165, 1.54) is 11.3 Å². The van der Waals surface area contributed by atoms with Gasteiger partial charge < -0.3 is 4.90 Å². The van der Waals surface area contributed by atoms with Crippen molar-refractivity contribution in [2.45, 2.75) is 57.8 Å². The molecule has 4 rings (SSSR count). The Balaban J connectivity index is 1.55. The van der Waals surface area contributed by atoms with Crippen LogP contribution in [0.5, 0.6) is 0 Å². The van der Waals surface area contributed by atoms with Crippen molar-refractivity contribution in [3.8, 4) is 0 Å². The average Bonchev–Trinajstić information content (AvgIpc) is 3.23. The molecule has 3 fully saturated rings. The third kappa shape index (κ3) is 3.59. The molecule has 26 heavy (non-hydrogen) atoms. The van der Waals surface area contributed by atoms with Gasteiger partial charge in [-0.15, -0.1) is 11.3 Å². The number of carbonyl (C=O) groups is 1. The molecule has 2 saturated heterocycles. The fourth-order valence-corrected chi connectivity index (χ4v) is 8.51. The number of hydrogen-bond acceptors (Lipinski definition) is 4. The summed E-state index contributed by atoms with van der Waals surface area (Å²) < 4.78 is 24.1. The molecule has 1 spiro atoms. The Kier molecular flexibility index (Phi) is 4.93. The second-order valence-corrected chi connectivity index (χ2v) is 12.0. The second-order valence-electron chi connectivity index (χ2n) is 8.77. The standard InChI is InChI=1S/C20H29NO3S2/c22-18(20(8-2-1-3-9-20)14-17-6-4-12-25-17)21-11-5-7-19(15-21)10-13-26(23,24)16-19/h4,6,12H,1-3,5,7-11,13-16H2. The van der Waals surface area contributed by atoms with Gasteiger partial charge in [0, 0.05) is 23.4 Å². The Morgan fingerprint density at radius 2 is 1.92 bits per heavy atom. The third-order valence-corrected chi connectivity index (χ3v) is 9.53. The lowest BCUT2D eigenvalue weighted by atomic mass is 9.69. The summed E-state index contributed by atoms with van der Waals surface area (Å²) >= 11 is 1.75. The highest BCUT2D eigenvalue weighted by molar-refractivity contribution is 7.91. The summed E-state index contributed by atoms with van der Waals surface area (Å²) in [6.07, 6.45) is 8.92. The SMILES string of the molecule is O=C(N1CCCC2(CCS(=O)(=O)C2)C1)C1(Cc2cccs2)CCCCC1. The van der Waals surface area contributed by atoms with Gasteiger partial charge in [-0.05, 0) is 50.0 Å². The smallest absolute Gasteiger partial charge is 0.229 e. The van der Waals surface area contributed by atoms with Crippen molar-refractivity contribution in [3.63, 3.8) is 0 Å². The number of rotatable bonds is 3. The van der Waals surface area contributed by atoms with Crippen LogP contribution >= 0.6 is 11.3 Å². The van der Waals surface area contributed by atoms with Crippen LogP contribution in [-0.2, 0) is 21.1 Å². The number of hydrogen-bond donors (Lipinski definition) is 0. The Morgan fingerprint density at radius 3 is 2.58 bits per heavy atom. The zero-order valence-electron chi connectivity index (χ0n) is 15.4. The summed E-state index contributed by atoms with van der Waals surface area (Å²) in [5, 5.41) is 2.09. The van der Waals surface area contributed by atoms with Gasteiger partial charge in [0.15, 0.2) is 9.84 Å². The second kappa shape index (κ2) is 6.93. The molecule has 1 aromatic heterocycles. The van der Waals surface area contributed by atoms with E-state index >= 15 is 0 Å². The molecule has 6 heteroatoms. The minimum absolute atomic E-state index is 0.175. The highest BCUT2D eigenvalue weighted by atomic mass is 32.2. The quantitative estimate of drug-likeness (QED) is 0.785. The van der Waals surface area contributed by atoms with Gasteiger partial charge in [0.2, 0.25) is 5.91 Å². The van der Waals surface area contributed by atoms with E-state index in [1.54, 1.807) is 11.3 Å². The van der Waals surface area contributed by atoms with E-state index in [4.69, 9.17) is 0 Å². The van der Waals surface area contributed by atoms with Crippen LogP contribution < -0.4 is 0 Å². The summed E-state index contributed by atoms with van der Waals surface area (Å²) in [5.41, 5.74) is -0.440. The first-order chi connectivity index (χ1) is 12.4. The van der Waals surface area contributed by atoms with Crippen LogP contribution in [0.2, 0.25) is 0 Å². The maximum atomic E-state index is 13.7. The van der Waals surface area contributed by atoms with Gasteiger partial charge in [0.25, 0.3) is 0 Å². The molecular formula is C20H29NO3S2. The maximum absolute atomic E-state index is 13.7. The molecule has 144 valence electrons. The summed E-state index contributed by atoms with van der Waals surface area (Å²) in [6, 6.07) is 4.22. The first-order valence-electron chi connectivity index (χ1n) is 9.94. The molecule has 1 saturated carbocycles. The van der Waals surface area contributed by atoms with Gasteiger partial charge >= 0.3 is 0 Å². The van der Waals surface area contributed by atoms with E-state index in [0.717, 1.165) is 57.9 Å². The zero-order valence-corrected chi connectivity index (χ0v) is 17.0. The minimum Gasteiger partial charge on any atom is -0.342 e. The van der Waals surface area contributed by atoms with Gasteiger partial charge in [-0.2, -0.15) is 0 Å². The molecule has 0 aromatic carbocycles. The monoisotopic (exact) mass is 395 g/mol. The van der Waals surface area contributed by atoms with Crippen LogP contribution in [0.3, 0.4) is 0 Å². The van der Waals surface area contributed by atoms with Gasteiger partial charge in [0.05, 0.1) is 16.9 Å². The van der Waals surface area contributed by atoms with E-state index in [1.807, 2.05) is 4.90 Å². The first-order valence-corrected chi connectivity index (χ1v) is 12.6. The molecule has 4 nitrogen and oxygen atoms in total. The van der Waals surface area contributed by atoms with E-state index in [0.29, 0.717) is 18.2 Å². The van der Waals surface area contributed by atoms with Crippen molar-refractivity contribution in [2.24, 2.45) is 10.8 Å². The number of amides is 1. The molecule has 2 aliphatic heterocycles. The van der Waals surface area contributed by atoms with E-state index in [-0.39, 0.29) is 16.6 Å². The number of piperidine rings is 1. The molecule has 0 radical (unpaired) electrons. The summed E-state index contributed by atoms with van der Waals surface area (Å²) in [4.78, 5) is 17.0. The number of carbonyl (C=O) groups excluding carboxylic acids is 1. The zero-order chi connectivity index (χ0) is 18.3. The van der Waals surface area contributed by atoms with Gasteiger partial charge in [0.1, 0.15) is 0 Å². The summed E-state index contributed by atoms with van der Waals surface area (Å²) in [5.74, 6) is 0.880. The fraction of sp³-hybridized carbons (Fsp3) is 0.750. The molecule has 0 bridgehead atoms. The van der Waals surface area contributed by atoms with Crippen molar-refractivity contribution in [1.29, 1.82) is 0 Å². The number of sulfone groups is 1. The van der Waals surface area contributed by atoms with Gasteiger partial charge in [-0.1, -0.05) is 25.3 Å². The summed E-state index contributed by atoms with van der Waals surface area (Å²) in [6.45, 7) is 1.45. The predicted octanol–water partition coefficient (Wildman–Crippen LogP) is 3.67. The van der Waals surface area contributed by atoms with Crippen LogP contribution in [0.25, 0.3) is 0 Å². The first kappa shape index (κ1) is 18.5. The van der Waals surface area contributed by atoms with Crippen LogP contribution in [0, 0.1) is 10.8 Å². The van der Waals surface area contributed by atoms with E-state index in [2.05, 4.69) is 17.5 Å². The van der Waals surface area contributed by atoms with Crippen LogP contribution in [-0.4, -0.2) is 43.8 Å². The Hall–Kier alpha value is -0.880. The largest absolute Gasteiger partial charge is 0.342 e. The molecule has 1 unspecified atom stereocenters. The molecule has 1 atom stereocenters. The minimum atomic E-state index is -2.92. The van der Waals surface area contributed by atoms with Crippen LogP contribution in [0.15, 0.2) is 17.5 Å². The lowest BCUT2D eigenvalue weighted by molar-refractivity contribution is -0.147. The van der Waals surface area contributed by atoms with Gasteiger partial charge in [-0.25, -0.2) is 8.42 Å². The van der Waals surface area contributed by atoms with E-state index < -0.39 is 9.84 Å². The Bertz CT molecular complexity index is 750. The van der Waals surface area contributed by atoms with Crippen molar-refractivity contribution in [3.05, 3.63) is 22.4 Å². The van der Waals surface area contributed by atoms with E-state index in [9.17, 15) is 13.2 Å². The molecule has 3 heterocycles. The van der Waals surface area contributed by atoms with Crippen molar-refractivity contribution >= 4 is 27.1 Å². The highest BCUT2D eigenvalue weighted by Crippen LogP contribution is 2.45. The van der Waals surface area contributed by atoms with Gasteiger partial charge in [-0.3, -0.25) is 4.79 Å². The van der Waals surface area contributed by atoms with Crippen molar-refractivity contribution in [2.75, 3.05) is 24.6 Å². The predicted molar refractivity (Wildman–Crippen MR) is 105 cm³/mol. The number of nitrogens with zero attached hydrogens (tertiary/aromatic N) is 1. The van der Waals surface area contributed by atoms with Crippen LogP contribution in [0.4, 0.5) is 0 Å². The molecule has 1 amide bonds. The molecule has 1 aliphatic carbocycles. The lowest BCUT2D eigenvalue weighted by Gasteiger charge is -2.45. The molecule has 3 aliphatic rings. The van der Waals surface area contributed by atoms with Crippen molar-refractivity contribution in [1.82, 2.24) is 4.90 Å². The topological polar surface area (TPSA) is 54.5 Å². The average molecular weight is 396 g/mol. The molecule has 1 aromatic rings. The number of likely N-dealkylation sites (tertiary alicyclic amines) is 1. The third-order valence-electron chi connectivity index (χ3n) is 6.78. The Labute approximate surface area is 160 Å². The van der Waals surface area contributed by atoms with Crippen molar-refractivity contribution < 1.29 is 13.2 Å². The summed E-state index contributed by atoms with van der Waals surface area (Å²) in [7, 11) is -2.92. The normalized spacial score (nSPS) is 30.5. The lowest BCUT2D eigenvalue weighted by Crippen LogP contribution is -2.53. The Morgan fingerprint density at radius 1 is 1.12 bits per heavy atom. The molecule has 0 N–H and O–H groups in total. The van der Waals surface area contributed by atoms with Crippen LogP contribution in [0.1, 0.15) is 56.2 Å². The fourth-order valence-electron chi connectivity index (χ4n) is 5.46. The maximum Gasteiger partial charge on any atom is 0.229 e.